The number of ether oxygens (including phenoxy) is 2. The first-order valence-electron chi connectivity index (χ1n) is 6.05. The molecular formula is C13H17N3O2S. The summed E-state index contributed by atoms with van der Waals surface area (Å²) in [6.45, 7) is 4.88. The fourth-order valence-electron chi connectivity index (χ4n) is 1.44. The number of benzene rings is 1. The van der Waals surface area contributed by atoms with Crippen LogP contribution in [0.1, 0.15) is 18.9 Å². The van der Waals surface area contributed by atoms with E-state index in [4.69, 9.17) is 9.47 Å². The molecule has 0 amide bonds. The molecule has 102 valence electrons. The molecule has 0 fully saturated rings. The lowest BCUT2D eigenvalue weighted by molar-refractivity contribution is 0.377. The fourth-order valence-corrected chi connectivity index (χ4v) is 2.09. The minimum absolute atomic E-state index is 0.419. The Morgan fingerprint density at radius 3 is 2.63 bits per heavy atom. The summed E-state index contributed by atoms with van der Waals surface area (Å²) in [5, 5.41) is 12.8. The molecule has 19 heavy (non-hydrogen) atoms. The summed E-state index contributed by atoms with van der Waals surface area (Å²) in [6, 6.07) is 7.89. The van der Waals surface area contributed by atoms with Gasteiger partial charge in [-0.25, -0.2) is 0 Å². The molecule has 0 aliphatic carbocycles. The molecule has 2 rings (SSSR count). The summed E-state index contributed by atoms with van der Waals surface area (Å²) in [5.74, 6) is 1.32. The van der Waals surface area contributed by atoms with Crippen LogP contribution in [0, 0.1) is 0 Å². The molecule has 0 radical (unpaired) electrons. The fraction of sp³-hybridized carbons (Fsp3) is 0.385. The Labute approximate surface area is 116 Å². The lowest BCUT2D eigenvalue weighted by Crippen LogP contribution is -2.21. The van der Waals surface area contributed by atoms with Crippen molar-refractivity contribution in [2.45, 2.75) is 26.4 Å². The summed E-state index contributed by atoms with van der Waals surface area (Å²) in [5.41, 5.74) is 0. The zero-order valence-corrected chi connectivity index (χ0v) is 12.0. The van der Waals surface area contributed by atoms with Gasteiger partial charge in [-0.15, -0.1) is 5.10 Å². The van der Waals surface area contributed by atoms with E-state index < -0.39 is 0 Å². The standard InChI is InChI=1S/C13H17N3O2S/c1-9(2)14-8-12-15-16-13(19-12)18-11-7-5-4-6-10(11)17-3/h4-7,9,14H,8H2,1-3H3. The zero-order chi connectivity index (χ0) is 13.7. The van der Waals surface area contributed by atoms with Crippen LogP contribution in [0.5, 0.6) is 16.7 Å². The number of methoxy groups -OCH3 is 1. The highest BCUT2D eigenvalue weighted by atomic mass is 32.1. The van der Waals surface area contributed by atoms with Gasteiger partial charge in [0.15, 0.2) is 11.5 Å². The van der Waals surface area contributed by atoms with Crippen molar-refractivity contribution in [1.29, 1.82) is 0 Å². The van der Waals surface area contributed by atoms with E-state index in [-0.39, 0.29) is 0 Å². The number of aromatic nitrogens is 2. The van der Waals surface area contributed by atoms with Gasteiger partial charge in [0.2, 0.25) is 0 Å². The van der Waals surface area contributed by atoms with Gasteiger partial charge in [-0.1, -0.05) is 42.4 Å². The molecule has 0 atom stereocenters. The first kappa shape index (κ1) is 13.8. The molecule has 0 saturated carbocycles. The van der Waals surface area contributed by atoms with E-state index in [0.29, 0.717) is 29.3 Å². The molecule has 0 unspecified atom stereocenters. The molecule has 5 nitrogen and oxygen atoms in total. The Morgan fingerprint density at radius 1 is 1.21 bits per heavy atom. The third-order valence-corrected chi connectivity index (χ3v) is 3.18. The van der Waals surface area contributed by atoms with Crippen LogP contribution in [0.15, 0.2) is 24.3 Å². The van der Waals surface area contributed by atoms with E-state index >= 15 is 0 Å². The highest BCUT2D eigenvalue weighted by molar-refractivity contribution is 7.13. The summed E-state index contributed by atoms with van der Waals surface area (Å²) in [7, 11) is 1.61. The Morgan fingerprint density at radius 2 is 1.95 bits per heavy atom. The number of nitrogens with one attached hydrogen (secondary N) is 1. The van der Waals surface area contributed by atoms with E-state index in [0.717, 1.165) is 5.01 Å². The summed E-state index contributed by atoms with van der Waals surface area (Å²) >= 11 is 1.43. The van der Waals surface area contributed by atoms with Gasteiger partial charge in [0.1, 0.15) is 5.01 Å². The second-order valence-corrected chi connectivity index (χ2v) is 5.27. The highest BCUT2D eigenvalue weighted by Crippen LogP contribution is 2.32. The van der Waals surface area contributed by atoms with Gasteiger partial charge >= 0.3 is 0 Å². The Balaban J connectivity index is 2.03. The first-order valence-corrected chi connectivity index (χ1v) is 6.87. The van der Waals surface area contributed by atoms with Crippen molar-refractivity contribution < 1.29 is 9.47 Å². The largest absolute Gasteiger partial charge is 0.493 e. The van der Waals surface area contributed by atoms with Gasteiger partial charge in [0.05, 0.1) is 13.7 Å². The van der Waals surface area contributed by atoms with E-state index in [9.17, 15) is 0 Å². The average Bonchev–Trinajstić information content (AvgIpc) is 2.85. The third kappa shape index (κ3) is 3.90. The van der Waals surface area contributed by atoms with Crippen molar-refractivity contribution >= 4 is 11.3 Å². The maximum atomic E-state index is 5.68. The number of nitrogens with zero attached hydrogens (tertiary/aromatic N) is 2. The number of rotatable bonds is 6. The molecule has 0 aliphatic rings. The monoisotopic (exact) mass is 279 g/mol. The second kappa shape index (κ2) is 6.49. The maximum absolute atomic E-state index is 5.68. The van der Waals surface area contributed by atoms with Crippen LogP contribution in [-0.4, -0.2) is 23.3 Å². The molecule has 0 saturated heterocycles. The van der Waals surface area contributed by atoms with Crippen LogP contribution in [-0.2, 0) is 6.54 Å². The molecule has 1 N–H and O–H groups in total. The van der Waals surface area contributed by atoms with Gasteiger partial charge in [-0.3, -0.25) is 0 Å². The predicted octanol–water partition coefficient (Wildman–Crippen LogP) is 2.84. The topological polar surface area (TPSA) is 56.3 Å². The molecular weight excluding hydrogens is 262 g/mol. The van der Waals surface area contributed by atoms with Crippen LogP contribution in [0.2, 0.25) is 0 Å². The van der Waals surface area contributed by atoms with Crippen LogP contribution >= 0.6 is 11.3 Å². The van der Waals surface area contributed by atoms with Crippen LogP contribution in [0.25, 0.3) is 0 Å². The van der Waals surface area contributed by atoms with Gasteiger partial charge < -0.3 is 14.8 Å². The van der Waals surface area contributed by atoms with Gasteiger partial charge in [0, 0.05) is 6.04 Å². The Hall–Kier alpha value is -1.66. The minimum atomic E-state index is 0.419. The molecule has 2 aromatic rings. The van der Waals surface area contributed by atoms with Gasteiger partial charge in [-0.05, 0) is 12.1 Å². The summed E-state index contributed by atoms with van der Waals surface area (Å²) in [4.78, 5) is 0. The number of para-hydroxylation sites is 2. The van der Waals surface area contributed by atoms with Gasteiger partial charge in [-0.2, -0.15) is 0 Å². The van der Waals surface area contributed by atoms with E-state index in [2.05, 4.69) is 29.4 Å². The van der Waals surface area contributed by atoms with Crippen LogP contribution in [0.4, 0.5) is 0 Å². The lowest BCUT2D eigenvalue weighted by atomic mass is 10.3. The van der Waals surface area contributed by atoms with Crippen LogP contribution < -0.4 is 14.8 Å². The Bertz CT molecular complexity index is 528. The van der Waals surface area contributed by atoms with E-state index in [1.807, 2.05) is 24.3 Å². The normalized spacial score (nSPS) is 10.7. The molecule has 0 bridgehead atoms. The average molecular weight is 279 g/mol. The van der Waals surface area contributed by atoms with Crippen molar-refractivity contribution in [2.75, 3.05) is 7.11 Å². The van der Waals surface area contributed by atoms with Crippen LogP contribution in [0.3, 0.4) is 0 Å². The van der Waals surface area contributed by atoms with Gasteiger partial charge in [0.25, 0.3) is 5.19 Å². The van der Waals surface area contributed by atoms with E-state index in [1.165, 1.54) is 11.3 Å². The predicted molar refractivity (Wildman–Crippen MR) is 75.0 cm³/mol. The SMILES string of the molecule is COc1ccccc1Oc1nnc(CNC(C)C)s1. The van der Waals surface area contributed by atoms with Crippen molar-refractivity contribution in [3.63, 3.8) is 0 Å². The molecule has 1 aromatic heterocycles. The summed E-state index contributed by atoms with van der Waals surface area (Å²) < 4.78 is 10.9. The molecule has 1 aromatic carbocycles. The molecule has 0 spiro atoms. The molecule has 1 heterocycles. The first-order chi connectivity index (χ1) is 9.19. The van der Waals surface area contributed by atoms with Crippen molar-refractivity contribution in [3.8, 4) is 16.7 Å². The minimum Gasteiger partial charge on any atom is -0.493 e. The molecule has 0 aliphatic heterocycles. The van der Waals surface area contributed by atoms with Crippen molar-refractivity contribution in [3.05, 3.63) is 29.3 Å². The second-order valence-electron chi connectivity index (χ2n) is 4.25. The third-order valence-electron chi connectivity index (χ3n) is 2.38. The highest BCUT2D eigenvalue weighted by Gasteiger charge is 2.09. The lowest BCUT2D eigenvalue weighted by Gasteiger charge is -2.06. The van der Waals surface area contributed by atoms with Crippen molar-refractivity contribution in [1.82, 2.24) is 15.5 Å². The Kier molecular flexibility index (Phi) is 4.70. The van der Waals surface area contributed by atoms with E-state index in [1.54, 1.807) is 7.11 Å². The quantitative estimate of drug-likeness (QED) is 0.881. The number of hydrogen-bond acceptors (Lipinski definition) is 6. The number of hydrogen-bond donors (Lipinski definition) is 1. The summed E-state index contributed by atoms with van der Waals surface area (Å²) in [6.07, 6.45) is 0. The zero-order valence-electron chi connectivity index (χ0n) is 11.2. The smallest absolute Gasteiger partial charge is 0.299 e. The van der Waals surface area contributed by atoms with Crippen molar-refractivity contribution in [2.24, 2.45) is 0 Å². The molecule has 6 heteroatoms. The maximum Gasteiger partial charge on any atom is 0.299 e.